The highest BCUT2D eigenvalue weighted by Crippen LogP contribution is 2.17. The molecule has 0 rings (SSSR count). The number of carbonyl (C=O) groups excluding carboxylic acids is 3. The maximum atomic E-state index is 13.0. The molecule has 0 aliphatic carbocycles. The fourth-order valence-corrected chi connectivity index (χ4v) is 9.85. The highest BCUT2D eigenvalue weighted by Gasteiger charge is 2.19. The molecule has 0 saturated carbocycles. The Kier molecular flexibility index (Phi) is 65.7. The van der Waals surface area contributed by atoms with Crippen LogP contribution in [0.15, 0.2) is 97.2 Å². The predicted octanol–water partition coefficient (Wildman–Crippen LogP) is 24.0. The Morgan fingerprint density at radius 3 is 0.790 bits per heavy atom. The Morgan fingerprint density at radius 1 is 0.259 bits per heavy atom. The van der Waals surface area contributed by atoms with E-state index in [-0.39, 0.29) is 31.1 Å². The summed E-state index contributed by atoms with van der Waals surface area (Å²) >= 11 is 0. The van der Waals surface area contributed by atoms with Crippen molar-refractivity contribution in [3.63, 3.8) is 0 Å². The van der Waals surface area contributed by atoms with Crippen molar-refractivity contribution >= 4 is 17.9 Å². The fraction of sp³-hybridized carbons (Fsp3) is 0.747. The lowest BCUT2D eigenvalue weighted by molar-refractivity contribution is -0.167. The van der Waals surface area contributed by atoms with Gasteiger partial charge in [-0.1, -0.05) is 298 Å². The molecule has 0 fully saturated rings. The van der Waals surface area contributed by atoms with Gasteiger partial charge in [0.2, 0.25) is 0 Å². The molecular weight excluding hydrogens is 997 g/mol. The van der Waals surface area contributed by atoms with E-state index in [4.69, 9.17) is 14.2 Å². The number of ether oxygens (including phenoxy) is 3. The largest absolute Gasteiger partial charge is 0.462 e. The molecule has 0 saturated heterocycles. The molecule has 466 valence electrons. The predicted molar refractivity (Wildman–Crippen MR) is 353 cm³/mol. The van der Waals surface area contributed by atoms with Crippen molar-refractivity contribution in [1.29, 1.82) is 0 Å². The molecule has 0 N–H and O–H groups in total. The lowest BCUT2D eigenvalue weighted by Gasteiger charge is -2.18. The van der Waals surface area contributed by atoms with Crippen LogP contribution in [0.5, 0.6) is 0 Å². The fourth-order valence-electron chi connectivity index (χ4n) is 9.85. The molecule has 0 aromatic carbocycles. The minimum absolute atomic E-state index is 0.0826. The molecule has 0 bridgehead atoms. The molecule has 6 nitrogen and oxygen atoms in total. The van der Waals surface area contributed by atoms with Crippen LogP contribution in [0.3, 0.4) is 0 Å². The molecule has 0 heterocycles. The van der Waals surface area contributed by atoms with Crippen LogP contribution in [0, 0.1) is 0 Å². The summed E-state index contributed by atoms with van der Waals surface area (Å²) in [6.45, 7) is 6.53. The molecule has 1 unspecified atom stereocenters. The second-order valence-electron chi connectivity index (χ2n) is 23.1. The zero-order valence-electron chi connectivity index (χ0n) is 53.5. The van der Waals surface area contributed by atoms with Gasteiger partial charge in [-0.3, -0.25) is 14.4 Å². The average Bonchev–Trinajstić information content (AvgIpc) is 3.47. The summed E-state index contributed by atoms with van der Waals surface area (Å²) < 4.78 is 17.0. The number of rotatable bonds is 63. The standard InChI is InChI=1S/C75H130O6/c1-4-7-10-13-16-19-22-25-28-31-34-35-36-37-38-39-42-44-47-50-53-56-59-62-65-68-74(77)80-71-72(81-75(78)69-66-63-60-57-54-51-48-45-41-33-30-27-24-21-18-15-12-9-6-3)70-79-73(76)67-64-61-58-55-52-49-46-43-40-32-29-26-23-20-17-14-11-8-5-2/h7,10,16,18-19,21,25-30,34-35,41,45,72H,4-6,8-9,11-15,17,20,22-24,31-33,36-40,42-44,46-71H2,1-3H3/b10-7-,19-16-,21-18-,28-25-,29-26-,30-27-,35-34-,45-41-. The van der Waals surface area contributed by atoms with Crippen molar-refractivity contribution in [3.8, 4) is 0 Å². The highest BCUT2D eigenvalue weighted by molar-refractivity contribution is 5.71. The minimum Gasteiger partial charge on any atom is -0.462 e. The first kappa shape index (κ1) is 77.3. The molecule has 0 aromatic rings. The Labute approximate surface area is 502 Å². The van der Waals surface area contributed by atoms with E-state index in [0.29, 0.717) is 19.3 Å². The third kappa shape index (κ3) is 67.0. The van der Waals surface area contributed by atoms with Gasteiger partial charge < -0.3 is 14.2 Å². The summed E-state index contributed by atoms with van der Waals surface area (Å²) in [5.41, 5.74) is 0. The van der Waals surface area contributed by atoms with Crippen molar-refractivity contribution in [2.24, 2.45) is 0 Å². The molecule has 0 aliphatic heterocycles. The van der Waals surface area contributed by atoms with Gasteiger partial charge in [0.1, 0.15) is 13.2 Å². The maximum absolute atomic E-state index is 13.0. The second-order valence-corrected chi connectivity index (χ2v) is 23.1. The van der Waals surface area contributed by atoms with Gasteiger partial charge in [-0.15, -0.1) is 0 Å². The zero-order chi connectivity index (χ0) is 58.5. The van der Waals surface area contributed by atoms with Crippen molar-refractivity contribution < 1.29 is 28.6 Å². The third-order valence-electron chi connectivity index (χ3n) is 15.0. The van der Waals surface area contributed by atoms with Gasteiger partial charge in [0, 0.05) is 19.3 Å². The van der Waals surface area contributed by atoms with E-state index in [0.717, 1.165) is 109 Å². The van der Waals surface area contributed by atoms with E-state index >= 15 is 0 Å². The van der Waals surface area contributed by atoms with Gasteiger partial charge in [0.05, 0.1) is 0 Å². The van der Waals surface area contributed by atoms with E-state index in [2.05, 4.69) is 118 Å². The van der Waals surface area contributed by atoms with Gasteiger partial charge in [-0.05, 0) is 122 Å². The Hall–Kier alpha value is -3.67. The van der Waals surface area contributed by atoms with E-state index in [1.54, 1.807) is 0 Å². The van der Waals surface area contributed by atoms with E-state index in [1.807, 2.05) is 0 Å². The number of allylic oxidation sites excluding steroid dienone is 16. The monoisotopic (exact) mass is 1130 g/mol. The van der Waals surface area contributed by atoms with Crippen LogP contribution in [-0.2, 0) is 28.6 Å². The highest BCUT2D eigenvalue weighted by atomic mass is 16.6. The molecule has 6 heteroatoms. The molecule has 0 aromatic heterocycles. The minimum atomic E-state index is -0.789. The van der Waals surface area contributed by atoms with Gasteiger partial charge in [0.15, 0.2) is 6.10 Å². The third-order valence-corrected chi connectivity index (χ3v) is 15.0. The zero-order valence-corrected chi connectivity index (χ0v) is 53.5. The van der Waals surface area contributed by atoms with Crippen LogP contribution in [0.4, 0.5) is 0 Å². The van der Waals surface area contributed by atoms with Crippen LogP contribution in [-0.4, -0.2) is 37.2 Å². The first-order chi connectivity index (χ1) is 40.0. The summed E-state index contributed by atoms with van der Waals surface area (Å²) in [5, 5.41) is 0. The first-order valence-electron chi connectivity index (χ1n) is 34.7. The summed E-state index contributed by atoms with van der Waals surface area (Å²) in [4.78, 5) is 38.5. The summed E-state index contributed by atoms with van der Waals surface area (Å²) in [7, 11) is 0. The SMILES string of the molecule is CC/C=C\C/C=C\C/C=C\C/C=C\CCCCCCCCCCCCCCC(=O)OCC(COC(=O)CCCCCCCCCCC/C=C\CCCCCCCC)OC(=O)CCCCCCCC/C=C\C/C=C\C/C=C\CCCCC. The van der Waals surface area contributed by atoms with E-state index in [1.165, 1.54) is 193 Å². The van der Waals surface area contributed by atoms with Crippen molar-refractivity contribution in [3.05, 3.63) is 97.2 Å². The molecule has 0 spiro atoms. The van der Waals surface area contributed by atoms with Crippen molar-refractivity contribution in [2.45, 2.75) is 348 Å². The van der Waals surface area contributed by atoms with E-state index < -0.39 is 6.10 Å². The van der Waals surface area contributed by atoms with Gasteiger partial charge in [-0.2, -0.15) is 0 Å². The van der Waals surface area contributed by atoms with Crippen LogP contribution in [0.1, 0.15) is 342 Å². The normalized spacial score (nSPS) is 12.7. The maximum Gasteiger partial charge on any atom is 0.306 e. The number of hydrogen-bond acceptors (Lipinski definition) is 6. The molecular formula is C75H130O6. The molecule has 81 heavy (non-hydrogen) atoms. The lowest BCUT2D eigenvalue weighted by atomic mass is 10.0. The molecule has 0 aliphatic rings. The summed E-state index contributed by atoms with van der Waals surface area (Å²) in [5.74, 6) is -0.884. The van der Waals surface area contributed by atoms with Crippen LogP contribution < -0.4 is 0 Å². The number of unbranched alkanes of at least 4 members (excludes halogenated alkanes) is 36. The quantitative estimate of drug-likeness (QED) is 0.0261. The average molecular weight is 1130 g/mol. The topological polar surface area (TPSA) is 78.9 Å². The second kappa shape index (κ2) is 68.8. The Morgan fingerprint density at radius 2 is 0.481 bits per heavy atom. The van der Waals surface area contributed by atoms with Gasteiger partial charge >= 0.3 is 17.9 Å². The van der Waals surface area contributed by atoms with Crippen LogP contribution in [0.25, 0.3) is 0 Å². The molecule has 0 radical (unpaired) electrons. The Balaban J connectivity index is 4.37. The van der Waals surface area contributed by atoms with Crippen molar-refractivity contribution in [1.82, 2.24) is 0 Å². The van der Waals surface area contributed by atoms with Gasteiger partial charge in [-0.25, -0.2) is 0 Å². The Bertz CT molecular complexity index is 1580. The van der Waals surface area contributed by atoms with Crippen LogP contribution in [0.2, 0.25) is 0 Å². The van der Waals surface area contributed by atoms with Crippen molar-refractivity contribution in [2.75, 3.05) is 13.2 Å². The number of carbonyl (C=O) groups is 3. The summed E-state index contributed by atoms with van der Waals surface area (Å²) in [6.07, 6.45) is 92.7. The smallest absolute Gasteiger partial charge is 0.306 e. The molecule has 0 amide bonds. The number of hydrogen-bond donors (Lipinski definition) is 0. The van der Waals surface area contributed by atoms with E-state index in [9.17, 15) is 14.4 Å². The summed E-state index contributed by atoms with van der Waals surface area (Å²) in [6, 6.07) is 0. The molecule has 1 atom stereocenters. The lowest BCUT2D eigenvalue weighted by Crippen LogP contribution is -2.30. The first-order valence-corrected chi connectivity index (χ1v) is 34.7. The number of esters is 3. The van der Waals surface area contributed by atoms with Crippen LogP contribution >= 0.6 is 0 Å². The van der Waals surface area contributed by atoms with Gasteiger partial charge in [0.25, 0.3) is 0 Å².